The molecule has 106 valence electrons. The molecule has 18 heavy (non-hydrogen) atoms. The van der Waals surface area contributed by atoms with E-state index in [-0.39, 0.29) is 6.42 Å². The number of hydrogen-bond acceptors (Lipinski definition) is 7. The summed E-state index contributed by atoms with van der Waals surface area (Å²) in [5.41, 5.74) is 0. The predicted molar refractivity (Wildman–Crippen MR) is 59.4 cm³/mol. The van der Waals surface area contributed by atoms with Crippen molar-refractivity contribution in [2.75, 3.05) is 13.2 Å². The van der Waals surface area contributed by atoms with E-state index in [0.29, 0.717) is 6.42 Å². The quantitative estimate of drug-likeness (QED) is 0.432. The molecule has 4 N–H and O–H groups in total. The lowest BCUT2D eigenvalue weighted by molar-refractivity contribution is -0.264. The highest BCUT2D eigenvalue weighted by Gasteiger charge is 2.56. The highest BCUT2D eigenvalue weighted by Crippen LogP contribution is 2.32. The van der Waals surface area contributed by atoms with E-state index in [0.717, 1.165) is 6.42 Å². The van der Waals surface area contributed by atoms with Crippen LogP contribution in [0.15, 0.2) is 0 Å². The molecule has 0 bridgehead atoms. The van der Waals surface area contributed by atoms with Crippen LogP contribution in [0.4, 0.5) is 0 Å². The number of hydrogen-bond donors (Lipinski definition) is 4. The normalized spacial score (nSPS) is 35.7. The van der Waals surface area contributed by atoms with Crippen LogP contribution in [0.5, 0.6) is 0 Å². The number of rotatable bonds is 6. The van der Waals surface area contributed by atoms with Gasteiger partial charge in [0.15, 0.2) is 6.10 Å². The fourth-order valence-electron chi connectivity index (χ4n) is 1.82. The van der Waals surface area contributed by atoms with Gasteiger partial charge in [-0.2, -0.15) is 0 Å². The second-order valence-corrected chi connectivity index (χ2v) is 4.32. The van der Waals surface area contributed by atoms with E-state index < -0.39 is 43.3 Å². The predicted octanol–water partition coefficient (Wildman–Crippen LogP) is -1.48. The van der Waals surface area contributed by atoms with Gasteiger partial charge in [-0.25, -0.2) is 0 Å². The van der Waals surface area contributed by atoms with Gasteiger partial charge in [0, 0.05) is 6.42 Å². The first-order valence-corrected chi connectivity index (χ1v) is 5.98. The fraction of sp³-hybridized carbons (Fsp3) is 0.909. The summed E-state index contributed by atoms with van der Waals surface area (Å²) in [4.78, 5) is 11.5. The van der Waals surface area contributed by atoms with Crippen molar-refractivity contribution in [2.45, 2.75) is 50.3 Å². The van der Waals surface area contributed by atoms with E-state index in [9.17, 15) is 20.1 Å². The van der Waals surface area contributed by atoms with Crippen molar-refractivity contribution < 1.29 is 34.7 Å². The lowest BCUT2D eigenvalue weighted by Crippen LogP contribution is -2.49. The molecule has 1 fully saturated rings. The van der Waals surface area contributed by atoms with Gasteiger partial charge in [0.25, 0.3) is 5.79 Å². The molecule has 1 unspecified atom stereocenters. The first-order valence-electron chi connectivity index (χ1n) is 5.98. The Kier molecular flexibility index (Phi) is 5.48. The monoisotopic (exact) mass is 264 g/mol. The zero-order valence-electron chi connectivity index (χ0n) is 10.3. The number of aliphatic hydroxyl groups is 4. The van der Waals surface area contributed by atoms with Crippen LogP contribution in [0.3, 0.4) is 0 Å². The van der Waals surface area contributed by atoms with Crippen molar-refractivity contribution in [3.05, 3.63) is 0 Å². The van der Waals surface area contributed by atoms with Gasteiger partial charge in [-0.1, -0.05) is 13.3 Å². The summed E-state index contributed by atoms with van der Waals surface area (Å²) in [6, 6.07) is 0. The molecule has 1 heterocycles. The highest BCUT2D eigenvalue weighted by atomic mass is 16.8. The number of aliphatic hydroxyl groups excluding tert-OH is 4. The summed E-state index contributed by atoms with van der Waals surface area (Å²) in [5, 5.41) is 37.5. The SMILES string of the molecule is CCCCC(=O)OC1(CO)O[C@H](CO)[C@@H](O)[C@@H]1O. The third-order valence-corrected chi connectivity index (χ3v) is 2.93. The molecule has 1 saturated heterocycles. The standard InChI is InChI=1S/C11H20O7/c1-2-3-4-8(14)18-11(6-13)10(16)9(15)7(5-12)17-11/h7,9-10,12-13,15-16H,2-6H2,1H3/t7-,9-,10+,11?/m1/s1. The lowest BCUT2D eigenvalue weighted by Gasteiger charge is -2.29. The Morgan fingerprint density at radius 3 is 2.50 bits per heavy atom. The number of ether oxygens (including phenoxy) is 2. The number of esters is 1. The molecule has 0 aliphatic carbocycles. The van der Waals surface area contributed by atoms with Gasteiger partial charge < -0.3 is 29.9 Å². The van der Waals surface area contributed by atoms with Crippen molar-refractivity contribution in [2.24, 2.45) is 0 Å². The average Bonchev–Trinajstić information content (AvgIpc) is 2.61. The molecule has 4 atom stereocenters. The molecule has 1 aliphatic rings. The first kappa shape index (κ1) is 15.3. The van der Waals surface area contributed by atoms with Crippen molar-refractivity contribution >= 4 is 5.97 Å². The Balaban J connectivity index is 2.71. The second-order valence-electron chi connectivity index (χ2n) is 4.32. The molecular weight excluding hydrogens is 244 g/mol. The Morgan fingerprint density at radius 1 is 1.39 bits per heavy atom. The van der Waals surface area contributed by atoms with Crippen LogP contribution in [0, 0.1) is 0 Å². The minimum atomic E-state index is -1.99. The molecule has 0 amide bonds. The topological polar surface area (TPSA) is 116 Å². The minimum absolute atomic E-state index is 0.133. The van der Waals surface area contributed by atoms with Crippen LogP contribution < -0.4 is 0 Å². The van der Waals surface area contributed by atoms with E-state index in [1.165, 1.54) is 0 Å². The maximum atomic E-state index is 11.5. The molecule has 7 heteroatoms. The lowest BCUT2D eigenvalue weighted by atomic mass is 10.1. The van der Waals surface area contributed by atoms with E-state index >= 15 is 0 Å². The molecule has 1 aliphatic heterocycles. The summed E-state index contributed by atoms with van der Waals surface area (Å²) >= 11 is 0. The number of unbranched alkanes of at least 4 members (excludes halogenated alkanes) is 1. The Hall–Kier alpha value is -0.730. The second kappa shape index (κ2) is 6.44. The van der Waals surface area contributed by atoms with Gasteiger partial charge in [0.05, 0.1) is 6.61 Å². The molecule has 7 nitrogen and oxygen atoms in total. The Bertz CT molecular complexity index is 283. The zero-order chi connectivity index (χ0) is 13.8. The smallest absolute Gasteiger partial charge is 0.308 e. The van der Waals surface area contributed by atoms with Crippen LogP contribution in [-0.4, -0.2) is 63.7 Å². The Morgan fingerprint density at radius 2 is 2.06 bits per heavy atom. The van der Waals surface area contributed by atoms with E-state index in [2.05, 4.69) is 0 Å². The Labute approximate surface area is 105 Å². The largest absolute Gasteiger partial charge is 0.427 e. The van der Waals surface area contributed by atoms with Crippen LogP contribution in [-0.2, 0) is 14.3 Å². The molecule has 0 aromatic rings. The summed E-state index contributed by atoms with van der Waals surface area (Å²) < 4.78 is 10.0. The third kappa shape index (κ3) is 2.99. The minimum Gasteiger partial charge on any atom is -0.427 e. The molecular formula is C11H20O7. The van der Waals surface area contributed by atoms with E-state index in [4.69, 9.17) is 14.6 Å². The van der Waals surface area contributed by atoms with Gasteiger partial charge in [0.2, 0.25) is 0 Å². The van der Waals surface area contributed by atoms with E-state index in [1.54, 1.807) is 0 Å². The molecule has 0 aromatic carbocycles. The molecule has 0 aromatic heterocycles. The molecule has 0 saturated carbocycles. The first-order chi connectivity index (χ1) is 8.50. The molecule has 0 spiro atoms. The van der Waals surface area contributed by atoms with Crippen LogP contribution in [0.25, 0.3) is 0 Å². The molecule has 0 radical (unpaired) electrons. The van der Waals surface area contributed by atoms with Crippen LogP contribution >= 0.6 is 0 Å². The van der Waals surface area contributed by atoms with E-state index in [1.807, 2.05) is 6.92 Å². The highest BCUT2D eigenvalue weighted by molar-refractivity contribution is 5.69. The fourth-order valence-corrected chi connectivity index (χ4v) is 1.82. The molecule has 1 rings (SSSR count). The van der Waals surface area contributed by atoms with Gasteiger partial charge in [-0.3, -0.25) is 4.79 Å². The van der Waals surface area contributed by atoms with Crippen molar-refractivity contribution in [3.8, 4) is 0 Å². The summed E-state index contributed by atoms with van der Waals surface area (Å²) in [6.07, 6.45) is -2.55. The number of carbonyl (C=O) groups is 1. The maximum absolute atomic E-state index is 11.5. The van der Waals surface area contributed by atoms with Gasteiger partial charge in [-0.15, -0.1) is 0 Å². The van der Waals surface area contributed by atoms with Crippen molar-refractivity contribution in [1.82, 2.24) is 0 Å². The van der Waals surface area contributed by atoms with Crippen molar-refractivity contribution in [1.29, 1.82) is 0 Å². The van der Waals surface area contributed by atoms with Crippen LogP contribution in [0.1, 0.15) is 26.2 Å². The average molecular weight is 264 g/mol. The summed E-state index contributed by atoms with van der Waals surface area (Å²) in [7, 11) is 0. The maximum Gasteiger partial charge on any atom is 0.308 e. The van der Waals surface area contributed by atoms with Crippen molar-refractivity contribution in [3.63, 3.8) is 0 Å². The van der Waals surface area contributed by atoms with Crippen LogP contribution in [0.2, 0.25) is 0 Å². The van der Waals surface area contributed by atoms with Gasteiger partial charge in [-0.05, 0) is 6.42 Å². The van der Waals surface area contributed by atoms with Gasteiger partial charge in [0.1, 0.15) is 18.8 Å². The zero-order valence-corrected chi connectivity index (χ0v) is 10.3. The third-order valence-electron chi connectivity index (χ3n) is 2.93. The number of carbonyl (C=O) groups excluding carboxylic acids is 1. The summed E-state index contributed by atoms with van der Waals surface area (Å²) in [5.74, 6) is -2.62. The summed E-state index contributed by atoms with van der Waals surface area (Å²) in [6.45, 7) is 0.563. The van der Waals surface area contributed by atoms with Gasteiger partial charge >= 0.3 is 5.97 Å².